The Bertz CT molecular complexity index is 820. The third-order valence-corrected chi connectivity index (χ3v) is 4.43. The number of carbonyl (C=O) groups excluding carboxylic acids is 4. The number of imide groups is 1. The van der Waals surface area contributed by atoms with Crippen molar-refractivity contribution >= 4 is 40.9 Å². The molecule has 0 unspecified atom stereocenters. The van der Waals surface area contributed by atoms with Crippen molar-refractivity contribution in [2.24, 2.45) is 0 Å². The number of methoxy groups -OCH3 is 2. The fourth-order valence-electron chi connectivity index (χ4n) is 2.21. The number of thioether (sulfide) groups is 1. The lowest BCUT2D eigenvalue weighted by molar-refractivity contribution is -0.145. The topological polar surface area (TPSA) is 108 Å². The Hall–Kier alpha value is -3.01. The molecule has 0 spiro atoms. The molecule has 0 radical (unpaired) electrons. The molecule has 0 aliphatic carbocycles. The van der Waals surface area contributed by atoms with Gasteiger partial charge in [-0.05, 0) is 42.5 Å². The van der Waals surface area contributed by atoms with Crippen molar-refractivity contribution < 1.29 is 38.1 Å². The predicted octanol–water partition coefficient (Wildman–Crippen LogP) is 1.85. The molecule has 9 nitrogen and oxygen atoms in total. The highest BCUT2D eigenvalue weighted by Gasteiger charge is 2.36. The summed E-state index contributed by atoms with van der Waals surface area (Å²) in [4.78, 5) is 48.0. The third kappa shape index (κ3) is 5.26. The fraction of sp³-hybridized carbons (Fsp3) is 0.333. The van der Waals surface area contributed by atoms with Crippen LogP contribution in [-0.2, 0) is 23.9 Å². The summed E-state index contributed by atoms with van der Waals surface area (Å²) >= 11 is 0.724. The molecule has 1 aliphatic heterocycles. The van der Waals surface area contributed by atoms with Crippen LogP contribution >= 0.6 is 11.8 Å². The van der Waals surface area contributed by atoms with Crippen LogP contribution in [0.2, 0.25) is 0 Å². The summed E-state index contributed by atoms with van der Waals surface area (Å²) in [5.74, 6) is -1.11. The van der Waals surface area contributed by atoms with Crippen molar-refractivity contribution in [3.05, 3.63) is 28.7 Å². The largest absolute Gasteiger partial charge is 0.493 e. The molecule has 2 amide bonds. The highest BCUT2D eigenvalue weighted by atomic mass is 32.2. The average Bonchev–Trinajstić information content (AvgIpc) is 2.94. The highest BCUT2D eigenvalue weighted by Crippen LogP contribution is 2.34. The summed E-state index contributed by atoms with van der Waals surface area (Å²) in [7, 11) is 2.61. The smallest absolute Gasteiger partial charge is 0.344 e. The second kappa shape index (κ2) is 9.79. The highest BCUT2D eigenvalue weighted by molar-refractivity contribution is 8.18. The van der Waals surface area contributed by atoms with E-state index in [9.17, 15) is 19.2 Å². The molecule has 28 heavy (non-hydrogen) atoms. The number of benzene rings is 1. The van der Waals surface area contributed by atoms with Gasteiger partial charge in [-0.2, -0.15) is 0 Å². The van der Waals surface area contributed by atoms with E-state index in [1.165, 1.54) is 20.3 Å². The molecular formula is C18H19NO8S. The molecule has 0 N–H and O–H groups in total. The monoisotopic (exact) mass is 409 g/mol. The molecule has 10 heteroatoms. The molecule has 1 fully saturated rings. The van der Waals surface area contributed by atoms with E-state index >= 15 is 0 Å². The zero-order valence-corrected chi connectivity index (χ0v) is 16.4. The predicted molar refractivity (Wildman–Crippen MR) is 99.8 cm³/mol. The minimum absolute atomic E-state index is 0.163. The van der Waals surface area contributed by atoms with Crippen LogP contribution in [0.3, 0.4) is 0 Å². The number of hydrogen-bond donors (Lipinski definition) is 0. The van der Waals surface area contributed by atoms with Gasteiger partial charge in [0.15, 0.2) is 18.1 Å². The summed E-state index contributed by atoms with van der Waals surface area (Å²) in [6, 6.07) is 4.80. The van der Waals surface area contributed by atoms with Crippen LogP contribution in [0.25, 0.3) is 6.08 Å². The van der Waals surface area contributed by atoms with Crippen LogP contribution in [0.5, 0.6) is 11.5 Å². The van der Waals surface area contributed by atoms with Gasteiger partial charge >= 0.3 is 11.9 Å². The number of ether oxygens (including phenoxy) is 4. The first-order chi connectivity index (χ1) is 13.4. The summed E-state index contributed by atoms with van der Waals surface area (Å²) in [6.07, 6.45) is 1.50. The Morgan fingerprint density at radius 2 is 1.89 bits per heavy atom. The molecule has 1 aromatic carbocycles. The van der Waals surface area contributed by atoms with E-state index in [0.717, 1.165) is 16.7 Å². The summed E-state index contributed by atoms with van der Waals surface area (Å²) in [5, 5.41) is -0.553. The number of nitrogens with zero attached hydrogens (tertiary/aromatic N) is 1. The van der Waals surface area contributed by atoms with Crippen molar-refractivity contribution in [1.29, 1.82) is 0 Å². The van der Waals surface area contributed by atoms with Crippen molar-refractivity contribution in [3.8, 4) is 11.5 Å². The second-order valence-corrected chi connectivity index (χ2v) is 6.34. The molecule has 2 rings (SSSR count). The van der Waals surface area contributed by atoms with Crippen LogP contribution in [0, 0.1) is 0 Å². The maximum atomic E-state index is 12.3. The molecule has 1 aromatic rings. The first-order valence-electron chi connectivity index (χ1n) is 8.18. The molecule has 0 atom stereocenters. The molecule has 1 heterocycles. The van der Waals surface area contributed by atoms with Crippen molar-refractivity contribution in [1.82, 2.24) is 4.90 Å². The van der Waals surface area contributed by atoms with Crippen molar-refractivity contribution in [3.63, 3.8) is 0 Å². The Balaban J connectivity index is 2.15. The standard InChI is InChI=1S/C18H19NO8S/c1-4-26-16(21)10-27-12-6-5-11(7-13(12)24-2)8-14-17(22)19(18(23)28-14)9-15(20)25-3/h5-8H,4,9-10H2,1-3H3/b14-8-. The molecule has 0 saturated carbocycles. The fourth-order valence-corrected chi connectivity index (χ4v) is 3.05. The van der Waals surface area contributed by atoms with E-state index in [2.05, 4.69) is 4.74 Å². The van der Waals surface area contributed by atoms with Crippen LogP contribution in [0.1, 0.15) is 12.5 Å². The first kappa shape index (κ1) is 21.3. The van der Waals surface area contributed by atoms with Gasteiger partial charge in [0.25, 0.3) is 11.1 Å². The van der Waals surface area contributed by atoms with Crippen LogP contribution in [0.15, 0.2) is 23.1 Å². The number of esters is 2. The normalized spacial score (nSPS) is 15.0. The van der Waals surface area contributed by atoms with E-state index in [1.807, 2.05) is 0 Å². The van der Waals surface area contributed by atoms with Gasteiger partial charge in [-0.3, -0.25) is 19.3 Å². The number of amides is 2. The Morgan fingerprint density at radius 3 is 2.54 bits per heavy atom. The quantitative estimate of drug-likeness (QED) is 0.469. The van der Waals surface area contributed by atoms with Crippen LogP contribution in [0.4, 0.5) is 4.79 Å². The molecule has 0 aromatic heterocycles. The van der Waals surface area contributed by atoms with Gasteiger partial charge in [-0.15, -0.1) is 0 Å². The van der Waals surface area contributed by atoms with Gasteiger partial charge in [0, 0.05) is 0 Å². The molecule has 0 bridgehead atoms. The van der Waals surface area contributed by atoms with E-state index in [-0.39, 0.29) is 18.1 Å². The Morgan fingerprint density at radius 1 is 1.14 bits per heavy atom. The van der Waals surface area contributed by atoms with Crippen LogP contribution < -0.4 is 9.47 Å². The minimum atomic E-state index is -0.687. The summed E-state index contributed by atoms with van der Waals surface area (Å²) in [5.41, 5.74) is 0.573. The zero-order chi connectivity index (χ0) is 20.7. The van der Waals surface area contributed by atoms with E-state index in [4.69, 9.17) is 14.2 Å². The van der Waals surface area contributed by atoms with Gasteiger partial charge < -0.3 is 18.9 Å². The molecule has 1 aliphatic rings. The average molecular weight is 409 g/mol. The van der Waals surface area contributed by atoms with Gasteiger partial charge in [-0.1, -0.05) is 6.07 Å². The third-order valence-electron chi connectivity index (χ3n) is 3.52. The van der Waals surface area contributed by atoms with Crippen molar-refractivity contribution in [2.75, 3.05) is 34.0 Å². The van der Waals surface area contributed by atoms with E-state index in [0.29, 0.717) is 17.1 Å². The van der Waals surface area contributed by atoms with Gasteiger partial charge in [0.1, 0.15) is 6.54 Å². The Labute approximate surface area is 165 Å². The molecular weight excluding hydrogens is 390 g/mol. The van der Waals surface area contributed by atoms with E-state index in [1.54, 1.807) is 25.1 Å². The first-order valence-corrected chi connectivity index (χ1v) is 8.99. The SMILES string of the molecule is CCOC(=O)COc1ccc(/C=C2\SC(=O)N(CC(=O)OC)C2=O)cc1OC. The molecule has 1 saturated heterocycles. The number of carbonyl (C=O) groups is 4. The maximum absolute atomic E-state index is 12.3. The second-order valence-electron chi connectivity index (χ2n) is 5.35. The Kier molecular flexibility index (Phi) is 7.44. The lowest BCUT2D eigenvalue weighted by atomic mass is 10.2. The van der Waals surface area contributed by atoms with E-state index < -0.39 is 29.6 Å². The minimum Gasteiger partial charge on any atom is -0.493 e. The van der Waals surface area contributed by atoms with Gasteiger partial charge in [0.05, 0.1) is 25.7 Å². The van der Waals surface area contributed by atoms with Gasteiger partial charge in [-0.25, -0.2) is 4.79 Å². The zero-order valence-electron chi connectivity index (χ0n) is 15.6. The number of hydrogen-bond acceptors (Lipinski definition) is 9. The van der Waals surface area contributed by atoms with Crippen molar-refractivity contribution in [2.45, 2.75) is 6.92 Å². The molecule has 150 valence electrons. The summed E-state index contributed by atoms with van der Waals surface area (Å²) in [6.45, 7) is 1.24. The van der Waals surface area contributed by atoms with Gasteiger partial charge in [0.2, 0.25) is 0 Å². The number of rotatable bonds is 8. The lowest BCUT2D eigenvalue weighted by Gasteiger charge is -2.11. The van der Waals surface area contributed by atoms with Crippen LogP contribution in [-0.4, -0.2) is 62.0 Å². The summed E-state index contributed by atoms with van der Waals surface area (Å²) < 4.78 is 19.9. The lowest BCUT2D eigenvalue weighted by Crippen LogP contribution is -2.34. The maximum Gasteiger partial charge on any atom is 0.344 e.